The Morgan fingerprint density at radius 1 is 1.14 bits per heavy atom. The van der Waals surface area contributed by atoms with Gasteiger partial charge in [0.2, 0.25) is 0 Å². The number of pyridine rings is 1. The summed E-state index contributed by atoms with van der Waals surface area (Å²) in [4.78, 5) is 34.5. The standard InChI is InChI=1S/C28H30FN3O3S/c1-27(2,3)31-26(34)28(20-9-11-21(29)12-10-20)15-17-36-24-23(6-5-16-30-24)25(33)32(28)18-19-7-13-22(35-4)14-8-19/h5-14,16H,15,17-18H2,1-4H3,(H,31,34). The minimum absolute atomic E-state index is 0.163. The Balaban J connectivity index is 1.93. The number of fused-ring (bicyclic) bond motifs is 1. The zero-order valence-electron chi connectivity index (χ0n) is 20.9. The number of halogens is 1. The van der Waals surface area contributed by atoms with Crippen molar-refractivity contribution in [3.8, 4) is 5.75 Å². The molecule has 2 heterocycles. The maximum absolute atomic E-state index is 14.2. The van der Waals surface area contributed by atoms with E-state index < -0.39 is 16.9 Å². The minimum Gasteiger partial charge on any atom is -0.497 e. The lowest BCUT2D eigenvalue weighted by Gasteiger charge is -2.45. The van der Waals surface area contributed by atoms with Gasteiger partial charge in [-0.05, 0) is 74.7 Å². The third-order valence-electron chi connectivity index (χ3n) is 6.10. The largest absolute Gasteiger partial charge is 0.497 e. The lowest BCUT2D eigenvalue weighted by Crippen LogP contribution is -2.61. The highest BCUT2D eigenvalue weighted by molar-refractivity contribution is 7.99. The molecule has 1 N–H and O–H groups in total. The molecule has 0 spiro atoms. The van der Waals surface area contributed by atoms with E-state index in [1.165, 1.54) is 23.9 Å². The van der Waals surface area contributed by atoms with E-state index in [0.29, 0.717) is 34.1 Å². The molecule has 2 amide bonds. The Kier molecular flexibility index (Phi) is 7.36. The van der Waals surface area contributed by atoms with Crippen molar-refractivity contribution in [2.75, 3.05) is 12.9 Å². The SMILES string of the molecule is COc1ccc(CN2C(=O)c3cccnc3SCCC2(C(=O)NC(C)(C)C)c2ccc(F)cc2)cc1. The van der Waals surface area contributed by atoms with Gasteiger partial charge in [-0.15, -0.1) is 11.8 Å². The van der Waals surface area contributed by atoms with E-state index in [-0.39, 0.29) is 18.4 Å². The van der Waals surface area contributed by atoms with Gasteiger partial charge in [-0.25, -0.2) is 9.37 Å². The van der Waals surface area contributed by atoms with Crippen molar-refractivity contribution in [2.45, 2.75) is 49.8 Å². The molecule has 0 bridgehead atoms. The van der Waals surface area contributed by atoms with Crippen LogP contribution in [-0.4, -0.2) is 40.1 Å². The highest BCUT2D eigenvalue weighted by atomic mass is 32.2. The molecule has 0 saturated heterocycles. The number of benzene rings is 2. The smallest absolute Gasteiger partial charge is 0.258 e. The van der Waals surface area contributed by atoms with Crippen LogP contribution >= 0.6 is 11.8 Å². The molecular formula is C28H30FN3O3S. The summed E-state index contributed by atoms with van der Waals surface area (Å²) < 4.78 is 19.3. The van der Waals surface area contributed by atoms with Gasteiger partial charge in [0.05, 0.1) is 12.7 Å². The lowest BCUT2D eigenvalue weighted by atomic mass is 9.82. The number of nitrogens with one attached hydrogen (secondary N) is 1. The number of rotatable bonds is 5. The second-order valence-electron chi connectivity index (χ2n) is 9.77. The molecule has 3 aromatic rings. The van der Waals surface area contributed by atoms with Gasteiger partial charge in [-0.2, -0.15) is 0 Å². The molecule has 6 nitrogen and oxygen atoms in total. The average Bonchev–Trinajstić information content (AvgIpc) is 2.84. The number of amides is 2. The number of hydrogen-bond acceptors (Lipinski definition) is 5. The van der Waals surface area contributed by atoms with Gasteiger partial charge < -0.3 is 15.0 Å². The predicted molar refractivity (Wildman–Crippen MR) is 138 cm³/mol. The van der Waals surface area contributed by atoms with E-state index in [1.807, 2.05) is 45.0 Å². The monoisotopic (exact) mass is 507 g/mol. The summed E-state index contributed by atoms with van der Waals surface area (Å²) in [6.07, 6.45) is 1.98. The molecule has 1 aliphatic heterocycles. The fourth-order valence-corrected chi connectivity index (χ4v) is 5.41. The number of aromatic nitrogens is 1. The number of nitrogens with zero attached hydrogens (tertiary/aromatic N) is 2. The number of carbonyl (C=O) groups is 2. The summed E-state index contributed by atoms with van der Waals surface area (Å²) in [6, 6.07) is 16.7. The van der Waals surface area contributed by atoms with E-state index in [0.717, 1.165) is 5.56 Å². The summed E-state index contributed by atoms with van der Waals surface area (Å²) in [7, 11) is 1.59. The van der Waals surface area contributed by atoms with Crippen molar-refractivity contribution in [3.05, 3.63) is 89.4 Å². The van der Waals surface area contributed by atoms with Crippen molar-refractivity contribution >= 4 is 23.6 Å². The average molecular weight is 508 g/mol. The summed E-state index contributed by atoms with van der Waals surface area (Å²) in [5.74, 6) is 0.198. The summed E-state index contributed by atoms with van der Waals surface area (Å²) in [6.45, 7) is 5.86. The Hall–Kier alpha value is -3.39. The first-order chi connectivity index (χ1) is 17.1. The van der Waals surface area contributed by atoms with Crippen molar-refractivity contribution in [3.63, 3.8) is 0 Å². The van der Waals surface area contributed by atoms with Crippen LogP contribution in [0.5, 0.6) is 5.75 Å². The fourth-order valence-electron chi connectivity index (χ4n) is 4.37. The zero-order valence-corrected chi connectivity index (χ0v) is 21.7. The molecule has 4 rings (SSSR count). The molecule has 0 aliphatic carbocycles. The van der Waals surface area contributed by atoms with Crippen LogP contribution in [0.25, 0.3) is 0 Å². The number of hydrogen-bond donors (Lipinski definition) is 1. The normalized spacial score (nSPS) is 18.1. The quantitative estimate of drug-likeness (QED) is 0.515. The number of methoxy groups -OCH3 is 1. The molecule has 0 saturated carbocycles. The second-order valence-corrected chi connectivity index (χ2v) is 10.8. The van der Waals surface area contributed by atoms with Crippen LogP contribution in [0.15, 0.2) is 71.9 Å². The Morgan fingerprint density at radius 2 is 1.83 bits per heavy atom. The first-order valence-electron chi connectivity index (χ1n) is 11.8. The number of thioether (sulfide) groups is 1. The van der Waals surface area contributed by atoms with Gasteiger partial charge in [0.25, 0.3) is 11.8 Å². The third-order valence-corrected chi connectivity index (χ3v) is 7.10. The van der Waals surface area contributed by atoms with E-state index in [4.69, 9.17) is 4.74 Å². The topological polar surface area (TPSA) is 71.5 Å². The molecule has 1 atom stereocenters. The van der Waals surface area contributed by atoms with Gasteiger partial charge in [0.1, 0.15) is 22.1 Å². The molecule has 188 valence electrons. The van der Waals surface area contributed by atoms with Crippen LogP contribution in [0.3, 0.4) is 0 Å². The maximum atomic E-state index is 14.2. The minimum atomic E-state index is -1.38. The molecular weight excluding hydrogens is 477 g/mol. The van der Waals surface area contributed by atoms with Crippen molar-refractivity contribution in [2.24, 2.45) is 0 Å². The van der Waals surface area contributed by atoms with Crippen LogP contribution in [-0.2, 0) is 16.9 Å². The fraction of sp³-hybridized carbons (Fsp3) is 0.321. The molecule has 1 aliphatic rings. The van der Waals surface area contributed by atoms with Crippen LogP contribution < -0.4 is 10.1 Å². The van der Waals surface area contributed by atoms with Crippen LogP contribution in [0.4, 0.5) is 4.39 Å². The molecule has 0 radical (unpaired) electrons. The second kappa shape index (κ2) is 10.3. The Bertz CT molecular complexity index is 1240. The molecule has 36 heavy (non-hydrogen) atoms. The van der Waals surface area contributed by atoms with E-state index in [1.54, 1.807) is 42.5 Å². The van der Waals surface area contributed by atoms with Crippen molar-refractivity contribution in [1.29, 1.82) is 0 Å². The van der Waals surface area contributed by atoms with E-state index in [9.17, 15) is 14.0 Å². The van der Waals surface area contributed by atoms with Crippen LogP contribution in [0.2, 0.25) is 0 Å². The third kappa shape index (κ3) is 5.23. The van der Waals surface area contributed by atoms with E-state index >= 15 is 0 Å². The van der Waals surface area contributed by atoms with E-state index in [2.05, 4.69) is 10.3 Å². The summed E-state index contributed by atoms with van der Waals surface area (Å²) >= 11 is 1.45. The summed E-state index contributed by atoms with van der Waals surface area (Å²) in [5.41, 5.74) is -0.101. The number of carbonyl (C=O) groups excluding carboxylic acids is 2. The van der Waals surface area contributed by atoms with Gasteiger partial charge in [0, 0.05) is 24.0 Å². The molecule has 1 unspecified atom stereocenters. The number of ether oxygens (including phenoxy) is 1. The van der Waals surface area contributed by atoms with Gasteiger partial charge >= 0.3 is 0 Å². The Labute approximate surface area is 215 Å². The molecule has 1 aromatic heterocycles. The summed E-state index contributed by atoms with van der Waals surface area (Å²) in [5, 5.41) is 3.73. The van der Waals surface area contributed by atoms with Crippen molar-refractivity contribution in [1.82, 2.24) is 15.2 Å². The predicted octanol–water partition coefficient (Wildman–Crippen LogP) is 5.18. The molecule has 2 aromatic carbocycles. The highest BCUT2D eigenvalue weighted by Gasteiger charge is 2.50. The molecule has 8 heteroatoms. The van der Waals surface area contributed by atoms with Crippen molar-refractivity contribution < 1.29 is 18.7 Å². The molecule has 0 fully saturated rings. The zero-order chi connectivity index (χ0) is 25.9. The van der Waals surface area contributed by atoms with Crippen LogP contribution in [0.1, 0.15) is 48.7 Å². The van der Waals surface area contributed by atoms with Gasteiger partial charge in [-0.3, -0.25) is 9.59 Å². The first-order valence-corrected chi connectivity index (χ1v) is 12.7. The Morgan fingerprint density at radius 3 is 2.47 bits per heavy atom. The first kappa shape index (κ1) is 25.7. The maximum Gasteiger partial charge on any atom is 0.258 e. The van der Waals surface area contributed by atoms with Gasteiger partial charge in [-0.1, -0.05) is 24.3 Å². The highest BCUT2D eigenvalue weighted by Crippen LogP contribution is 2.41. The van der Waals surface area contributed by atoms with Crippen LogP contribution in [0, 0.1) is 5.82 Å². The van der Waals surface area contributed by atoms with Gasteiger partial charge in [0.15, 0.2) is 0 Å². The lowest BCUT2D eigenvalue weighted by molar-refractivity contribution is -0.135.